The molecule has 0 bridgehead atoms. The van der Waals surface area contributed by atoms with Crippen molar-refractivity contribution in [2.24, 2.45) is 0 Å². The number of carbonyl (C=O) groups excluding carboxylic acids is 1. The minimum Gasteiger partial charge on any atom is -0.337 e. The Labute approximate surface area is 159 Å². The van der Waals surface area contributed by atoms with Crippen molar-refractivity contribution >= 4 is 5.91 Å². The Balaban J connectivity index is 1.80. The first kappa shape index (κ1) is 19.3. The zero-order valence-corrected chi connectivity index (χ0v) is 16.6. The Hall–Kier alpha value is -2.42. The quantitative estimate of drug-likeness (QED) is 0.801. The van der Waals surface area contributed by atoms with E-state index in [0.717, 1.165) is 30.9 Å². The summed E-state index contributed by atoms with van der Waals surface area (Å²) in [6, 6.07) is 1.77. The number of hydrogen-bond donors (Lipinski definition) is 1. The SMILES string of the molecule is CCn1c([C@H]2CCCN(C(=O)c3cc(C)[nH]n3)C2)nn(CCN(C)C)c1=O. The third-order valence-electron chi connectivity index (χ3n) is 5.03. The predicted octanol–water partition coefficient (Wildman–Crippen LogP) is 0.678. The van der Waals surface area contributed by atoms with Crippen molar-refractivity contribution in [2.45, 2.75) is 45.7 Å². The van der Waals surface area contributed by atoms with Crippen LogP contribution in [-0.2, 0) is 13.1 Å². The summed E-state index contributed by atoms with van der Waals surface area (Å²) >= 11 is 0. The highest BCUT2D eigenvalue weighted by atomic mass is 16.2. The zero-order valence-electron chi connectivity index (χ0n) is 16.6. The second-order valence-corrected chi connectivity index (χ2v) is 7.44. The van der Waals surface area contributed by atoms with Crippen molar-refractivity contribution in [3.8, 4) is 0 Å². The first-order valence-corrected chi connectivity index (χ1v) is 9.54. The maximum Gasteiger partial charge on any atom is 0.345 e. The van der Waals surface area contributed by atoms with E-state index >= 15 is 0 Å². The van der Waals surface area contributed by atoms with Gasteiger partial charge in [0.1, 0.15) is 11.5 Å². The monoisotopic (exact) mass is 375 g/mol. The molecule has 27 heavy (non-hydrogen) atoms. The number of amides is 1. The lowest BCUT2D eigenvalue weighted by molar-refractivity contribution is 0.0697. The smallest absolute Gasteiger partial charge is 0.337 e. The molecule has 0 saturated carbocycles. The van der Waals surface area contributed by atoms with E-state index in [0.29, 0.717) is 31.9 Å². The lowest BCUT2D eigenvalue weighted by atomic mass is 9.97. The molecule has 1 aliphatic heterocycles. The predicted molar refractivity (Wildman–Crippen MR) is 102 cm³/mol. The van der Waals surface area contributed by atoms with Crippen LogP contribution in [0.3, 0.4) is 0 Å². The minimum atomic E-state index is -0.0688. The number of hydrogen-bond acceptors (Lipinski definition) is 5. The van der Waals surface area contributed by atoms with Crippen molar-refractivity contribution < 1.29 is 4.79 Å². The first-order valence-electron chi connectivity index (χ1n) is 9.54. The van der Waals surface area contributed by atoms with Gasteiger partial charge in [0.25, 0.3) is 5.91 Å². The van der Waals surface area contributed by atoms with Gasteiger partial charge in [0.05, 0.1) is 6.54 Å². The van der Waals surface area contributed by atoms with Gasteiger partial charge in [-0.15, -0.1) is 0 Å². The van der Waals surface area contributed by atoms with Crippen LogP contribution < -0.4 is 5.69 Å². The Morgan fingerprint density at radius 1 is 1.41 bits per heavy atom. The summed E-state index contributed by atoms with van der Waals surface area (Å²) in [5, 5.41) is 11.5. The maximum atomic E-state index is 12.7. The topological polar surface area (TPSA) is 92.1 Å². The van der Waals surface area contributed by atoms with E-state index in [9.17, 15) is 9.59 Å². The van der Waals surface area contributed by atoms with Crippen LogP contribution >= 0.6 is 0 Å². The summed E-state index contributed by atoms with van der Waals surface area (Å²) in [5.41, 5.74) is 1.24. The molecular formula is C18H29N7O2. The molecule has 3 rings (SSSR count). The van der Waals surface area contributed by atoms with Gasteiger partial charge in [-0.05, 0) is 46.9 Å². The van der Waals surface area contributed by atoms with E-state index in [2.05, 4.69) is 15.3 Å². The van der Waals surface area contributed by atoms with Gasteiger partial charge in [-0.2, -0.15) is 10.2 Å². The first-order chi connectivity index (χ1) is 12.9. The van der Waals surface area contributed by atoms with Crippen LogP contribution in [0.25, 0.3) is 0 Å². The number of likely N-dealkylation sites (N-methyl/N-ethyl adjacent to an activating group) is 1. The summed E-state index contributed by atoms with van der Waals surface area (Å²) in [5.74, 6) is 0.787. The van der Waals surface area contributed by atoms with Crippen LogP contribution in [0.1, 0.15) is 47.7 Å². The van der Waals surface area contributed by atoms with Crippen LogP contribution in [-0.4, -0.2) is 74.0 Å². The average molecular weight is 375 g/mol. The fraction of sp³-hybridized carbons (Fsp3) is 0.667. The fourth-order valence-corrected chi connectivity index (χ4v) is 3.56. The summed E-state index contributed by atoms with van der Waals surface area (Å²) in [7, 11) is 3.95. The molecule has 1 aliphatic rings. The molecule has 9 heteroatoms. The van der Waals surface area contributed by atoms with E-state index < -0.39 is 0 Å². The van der Waals surface area contributed by atoms with E-state index in [1.807, 2.05) is 37.7 Å². The van der Waals surface area contributed by atoms with E-state index in [-0.39, 0.29) is 17.5 Å². The lowest BCUT2D eigenvalue weighted by Gasteiger charge is -2.31. The Bertz CT molecular complexity index is 848. The van der Waals surface area contributed by atoms with Gasteiger partial charge in [-0.1, -0.05) is 0 Å². The molecule has 0 aliphatic carbocycles. The molecule has 1 amide bonds. The fourth-order valence-electron chi connectivity index (χ4n) is 3.56. The normalized spacial score (nSPS) is 17.7. The van der Waals surface area contributed by atoms with E-state index in [1.165, 1.54) is 0 Å². The van der Waals surface area contributed by atoms with E-state index in [4.69, 9.17) is 0 Å². The molecule has 148 valence electrons. The van der Waals surface area contributed by atoms with Crippen molar-refractivity contribution in [3.63, 3.8) is 0 Å². The second kappa shape index (κ2) is 8.08. The molecule has 0 spiro atoms. The largest absolute Gasteiger partial charge is 0.345 e. The molecule has 1 atom stereocenters. The number of H-pyrrole nitrogens is 1. The third kappa shape index (κ3) is 4.13. The molecule has 0 radical (unpaired) electrons. The van der Waals surface area contributed by atoms with Gasteiger partial charge in [0.15, 0.2) is 0 Å². The van der Waals surface area contributed by atoms with Gasteiger partial charge in [-0.3, -0.25) is 14.5 Å². The highest BCUT2D eigenvalue weighted by Crippen LogP contribution is 2.26. The summed E-state index contributed by atoms with van der Waals surface area (Å²) in [4.78, 5) is 29.3. The molecule has 3 heterocycles. The molecule has 2 aromatic rings. The van der Waals surface area contributed by atoms with Crippen LogP contribution in [0.15, 0.2) is 10.9 Å². The van der Waals surface area contributed by atoms with E-state index in [1.54, 1.807) is 15.3 Å². The molecule has 1 saturated heterocycles. The number of rotatable bonds is 6. The van der Waals surface area contributed by atoms with Crippen molar-refractivity contribution in [1.29, 1.82) is 0 Å². The Morgan fingerprint density at radius 2 is 2.19 bits per heavy atom. The molecule has 2 aromatic heterocycles. The lowest BCUT2D eigenvalue weighted by Crippen LogP contribution is -2.40. The number of nitrogens with one attached hydrogen (secondary N) is 1. The van der Waals surface area contributed by atoms with Gasteiger partial charge in [0.2, 0.25) is 0 Å². The van der Waals surface area contributed by atoms with Gasteiger partial charge in [0, 0.05) is 37.8 Å². The number of carbonyl (C=O) groups is 1. The van der Waals surface area contributed by atoms with Gasteiger partial charge >= 0.3 is 5.69 Å². The highest BCUT2D eigenvalue weighted by Gasteiger charge is 2.30. The highest BCUT2D eigenvalue weighted by molar-refractivity contribution is 5.92. The van der Waals surface area contributed by atoms with Crippen molar-refractivity contribution in [3.05, 3.63) is 33.8 Å². The Morgan fingerprint density at radius 3 is 2.81 bits per heavy atom. The van der Waals surface area contributed by atoms with Gasteiger partial charge < -0.3 is 9.80 Å². The molecule has 0 aromatic carbocycles. The standard InChI is InChI=1S/C18H29N7O2/c1-5-24-16(21-25(18(24)27)10-9-22(3)4)14-7-6-8-23(12-14)17(26)15-11-13(2)19-20-15/h11,14H,5-10,12H2,1-4H3,(H,19,20)/t14-/m0/s1. The number of likely N-dealkylation sites (tertiary alicyclic amines) is 1. The molecule has 0 unspecified atom stereocenters. The molecule has 1 fully saturated rings. The summed E-state index contributed by atoms with van der Waals surface area (Å²) < 4.78 is 3.30. The third-order valence-corrected chi connectivity index (χ3v) is 5.03. The molecular weight excluding hydrogens is 346 g/mol. The summed E-state index contributed by atoms with van der Waals surface area (Å²) in [6.45, 7) is 7.01. The van der Waals surface area contributed by atoms with Gasteiger partial charge in [-0.25, -0.2) is 9.48 Å². The number of nitrogens with zero attached hydrogens (tertiary/aromatic N) is 6. The minimum absolute atomic E-state index is 0.0657. The number of aromatic nitrogens is 5. The number of aromatic amines is 1. The second-order valence-electron chi connectivity index (χ2n) is 7.44. The average Bonchev–Trinajstić information content (AvgIpc) is 3.22. The number of aryl methyl sites for hydroxylation is 1. The Kier molecular flexibility index (Phi) is 5.79. The number of piperidine rings is 1. The van der Waals surface area contributed by atoms with Crippen LogP contribution in [0.5, 0.6) is 0 Å². The van der Waals surface area contributed by atoms with Crippen molar-refractivity contribution in [1.82, 2.24) is 34.3 Å². The zero-order chi connectivity index (χ0) is 19.6. The van der Waals surface area contributed by atoms with Crippen LogP contribution in [0, 0.1) is 6.92 Å². The van der Waals surface area contributed by atoms with Crippen LogP contribution in [0.4, 0.5) is 0 Å². The summed E-state index contributed by atoms with van der Waals surface area (Å²) in [6.07, 6.45) is 1.82. The maximum absolute atomic E-state index is 12.7. The molecule has 1 N–H and O–H groups in total. The molecule has 9 nitrogen and oxygen atoms in total. The van der Waals surface area contributed by atoms with Crippen molar-refractivity contribution in [2.75, 3.05) is 33.7 Å². The van der Waals surface area contributed by atoms with Crippen LogP contribution in [0.2, 0.25) is 0 Å².